The van der Waals surface area contributed by atoms with Gasteiger partial charge in [-0.05, 0) is 143 Å². The van der Waals surface area contributed by atoms with E-state index in [0.29, 0.717) is 57.4 Å². The van der Waals surface area contributed by atoms with Gasteiger partial charge in [0.25, 0.3) is 0 Å². The summed E-state index contributed by atoms with van der Waals surface area (Å²) in [5.74, 6) is -3.18. The number of ether oxygens (including phenoxy) is 3. The standard InChI is InChI=1S/C43H73N5O9/c1-38(2)17-29(18-39(3,4)44(38)13)55-28(25-49)16-34-35(52)47(23-32(26-50)56-30-19-40(5,6)45(14)41(7,8)20-30)37(54)48(36(34)53)24-33(27-51)57-31-21-42(9,10)46(15)43(11,12)22-31/h25-34H,16-24H2,1-15H3. The van der Waals surface area contributed by atoms with Crippen LogP contribution in [-0.4, -0.2) is 165 Å². The smallest absolute Gasteiger partial charge is 0.333 e. The van der Waals surface area contributed by atoms with E-state index in [2.05, 4.69) is 119 Å². The Kier molecular flexibility index (Phi) is 13.9. The lowest BCUT2D eigenvalue weighted by Gasteiger charge is -2.53. The Bertz CT molecular complexity index is 1280. The van der Waals surface area contributed by atoms with E-state index in [1.807, 2.05) is 0 Å². The Labute approximate surface area is 341 Å². The highest BCUT2D eigenvalue weighted by atomic mass is 16.5. The van der Waals surface area contributed by atoms with Crippen molar-refractivity contribution in [2.75, 3.05) is 34.2 Å². The molecular formula is C43H73N5O9. The molecule has 0 radical (unpaired) electrons. The van der Waals surface area contributed by atoms with Crippen LogP contribution < -0.4 is 0 Å². The number of barbiturate groups is 1. The van der Waals surface area contributed by atoms with Crippen molar-refractivity contribution in [3.05, 3.63) is 0 Å². The molecule has 4 fully saturated rings. The van der Waals surface area contributed by atoms with E-state index in [1.165, 1.54) is 0 Å². The van der Waals surface area contributed by atoms with Crippen LogP contribution in [0.1, 0.15) is 128 Å². The maximum absolute atomic E-state index is 14.3. The molecule has 0 spiro atoms. The molecule has 0 saturated carbocycles. The summed E-state index contributed by atoms with van der Waals surface area (Å²) in [5.41, 5.74) is -1.52. The lowest BCUT2D eigenvalue weighted by molar-refractivity contribution is -0.161. The topological polar surface area (TPSA) is 146 Å². The number of hydrogen-bond acceptors (Lipinski definition) is 12. The average molecular weight is 804 g/mol. The Morgan fingerprint density at radius 2 is 0.737 bits per heavy atom. The van der Waals surface area contributed by atoms with E-state index < -0.39 is 55.2 Å². The number of amides is 4. The van der Waals surface area contributed by atoms with Gasteiger partial charge in [-0.1, -0.05) is 0 Å². The second-order valence-corrected chi connectivity index (χ2v) is 21.0. The number of rotatable bonds is 15. The van der Waals surface area contributed by atoms with Gasteiger partial charge in [0.1, 0.15) is 30.5 Å². The number of aldehydes is 3. The molecule has 324 valence electrons. The summed E-state index contributed by atoms with van der Waals surface area (Å²) in [7, 11) is 6.17. The zero-order valence-electron chi connectivity index (χ0n) is 37.5. The van der Waals surface area contributed by atoms with Crippen molar-refractivity contribution in [2.45, 2.75) is 198 Å². The molecule has 14 heteroatoms. The number of piperidine rings is 3. The number of likely N-dealkylation sites (tertiary alicyclic amines) is 3. The lowest BCUT2D eigenvalue weighted by atomic mass is 9.78. The van der Waals surface area contributed by atoms with Gasteiger partial charge in [0, 0.05) is 39.7 Å². The number of nitrogens with zero attached hydrogens (tertiary/aromatic N) is 5. The zero-order valence-corrected chi connectivity index (χ0v) is 37.5. The minimum Gasteiger partial charge on any atom is -0.367 e. The SMILES string of the molecule is CN1C(C)(C)CC(OC(C=O)CC2C(=O)N(CC(C=O)OC3CC(C)(C)N(C)C(C)(C)C3)C(=O)N(CC(C=O)OC3CC(C)(C)N(C)C(C)(C)C3)C2=O)CC1(C)C. The summed E-state index contributed by atoms with van der Waals surface area (Å²) in [6.45, 7) is 24.3. The minimum atomic E-state index is -1.49. The molecule has 0 N–H and O–H groups in total. The molecule has 0 aliphatic carbocycles. The molecule has 0 bridgehead atoms. The lowest BCUT2D eigenvalue weighted by Crippen LogP contribution is -2.64. The highest BCUT2D eigenvalue weighted by Gasteiger charge is 2.51. The number of hydrogen-bond donors (Lipinski definition) is 0. The van der Waals surface area contributed by atoms with Gasteiger partial charge >= 0.3 is 6.03 Å². The molecule has 57 heavy (non-hydrogen) atoms. The average Bonchev–Trinajstić information content (AvgIpc) is 3.08. The summed E-state index contributed by atoms with van der Waals surface area (Å²) in [6, 6.07) is -0.970. The first-order valence-corrected chi connectivity index (χ1v) is 20.7. The second kappa shape index (κ2) is 16.8. The summed E-state index contributed by atoms with van der Waals surface area (Å²) >= 11 is 0. The predicted molar refractivity (Wildman–Crippen MR) is 217 cm³/mol. The van der Waals surface area contributed by atoms with Crippen LogP contribution in [0.2, 0.25) is 0 Å². The van der Waals surface area contributed by atoms with Gasteiger partial charge in [0.15, 0.2) is 12.6 Å². The Balaban J connectivity index is 1.62. The maximum Gasteiger partial charge on any atom is 0.333 e. The number of imide groups is 2. The van der Waals surface area contributed by atoms with Crippen LogP contribution in [0.25, 0.3) is 0 Å². The first kappa shape index (κ1) is 47.1. The molecule has 0 aromatic heterocycles. The van der Waals surface area contributed by atoms with E-state index in [0.717, 1.165) is 9.80 Å². The number of carbonyl (C=O) groups is 6. The van der Waals surface area contributed by atoms with Crippen molar-refractivity contribution in [3.8, 4) is 0 Å². The van der Waals surface area contributed by atoms with E-state index >= 15 is 0 Å². The van der Waals surface area contributed by atoms with Crippen LogP contribution in [0, 0.1) is 5.92 Å². The van der Waals surface area contributed by atoms with Crippen LogP contribution in [0.15, 0.2) is 0 Å². The van der Waals surface area contributed by atoms with Gasteiger partial charge in [-0.15, -0.1) is 0 Å². The molecule has 3 atom stereocenters. The molecule has 4 aliphatic heterocycles. The maximum atomic E-state index is 14.3. The molecule has 0 aromatic rings. The Hall–Kier alpha value is -2.62. The first-order chi connectivity index (χ1) is 26.0. The van der Waals surface area contributed by atoms with Gasteiger partial charge < -0.3 is 28.6 Å². The summed E-state index contributed by atoms with van der Waals surface area (Å²) in [4.78, 5) is 89.4. The minimum absolute atomic E-state index is 0.250. The molecule has 14 nitrogen and oxygen atoms in total. The van der Waals surface area contributed by atoms with E-state index in [9.17, 15) is 28.8 Å². The zero-order chi connectivity index (χ0) is 43.3. The van der Waals surface area contributed by atoms with Crippen molar-refractivity contribution in [2.24, 2.45) is 5.92 Å². The van der Waals surface area contributed by atoms with Gasteiger partial charge in [-0.3, -0.25) is 34.1 Å². The summed E-state index contributed by atoms with van der Waals surface area (Å²) in [6.07, 6.45) is 0.579. The third-order valence-electron chi connectivity index (χ3n) is 14.2. The molecular weight excluding hydrogens is 730 g/mol. The van der Waals surface area contributed by atoms with Crippen molar-refractivity contribution >= 4 is 36.7 Å². The Morgan fingerprint density at radius 1 is 0.491 bits per heavy atom. The quantitative estimate of drug-likeness (QED) is 0.170. The fraction of sp³-hybridized carbons (Fsp3) is 0.860. The van der Waals surface area contributed by atoms with E-state index in [4.69, 9.17) is 14.2 Å². The molecule has 4 rings (SSSR count). The van der Waals surface area contributed by atoms with Crippen LogP contribution in [-0.2, 0) is 38.2 Å². The van der Waals surface area contributed by atoms with Gasteiger partial charge in [-0.25, -0.2) is 4.79 Å². The fourth-order valence-electron chi connectivity index (χ4n) is 10.2. The normalized spacial score (nSPS) is 28.9. The molecule has 4 aliphatic rings. The van der Waals surface area contributed by atoms with Gasteiger partial charge in [0.2, 0.25) is 11.8 Å². The summed E-state index contributed by atoms with van der Waals surface area (Å²) < 4.78 is 19.1. The molecule has 4 saturated heterocycles. The monoisotopic (exact) mass is 804 g/mol. The molecule has 4 heterocycles. The van der Waals surface area contributed by atoms with Crippen LogP contribution >= 0.6 is 0 Å². The highest BCUT2D eigenvalue weighted by molar-refractivity contribution is 6.16. The van der Waals surface area contributed by atoms with E-state index in [1.54, 1.807) is 0 Å². The van der Waals surface area contributed by atoms with E-state index in [-0.39, 0.29) is 58.0 Å². The third kappa shape index (κ3) is 10.2. The molecule has 0 aromatic carbocycles. The fourth-order valence-corrected chi connectivity index (χ4v) is 10.2. The van der Waals surface area contributed by atoms with Crippen molar-refractivity contribution in [1.29, 1.82) is 0 Å². The van der Waals surface area contributed by atoms with Gasteiger partial charge in [-0.2, -0.15) is 0 Å². The highest BCUT2D eigenvalue weighted by Crippen LogP contribution is 2.41. The van der Waals surface area contributed by atoms with Crippen molar-refractivity contribution in [3.63, 3.8) is 0 Å². The number of urea groups is 1. The van der Waals surface area contributed by atoms with Crippen LogP contribution in [0.4, 0.5) is 4.79 Å². The van der Waals surface area contributed by atoms with Crippen molar-refractivity contribution < 1.29 is 43.0 Å². The van der Waals surface area contributed by atoms with Crippen LogP contribution in [0.3, 0.4) is 0 Å². The third-order valence-corrected chi connectivity index (χ3v) is 14.2. The van der Waals surface area contributed by atoms with Gasteiger partial charge in [0.05, 0.1) is 31.4 Å². The van der Waals surface area contributed by atoms with Crippen LogP contribution in [0.5, 0.6) is 0 Å². The predicted octanol–water partition coefficient (Wildman–Crippen LogP) is 4.49. The second-order valence-electron chi connectivity index (χ2n) is 21.0. The Morgan fingerprint density at radius 3 is 0.982 bits per heavy atom. The van der Waals surface area contributed by atoms with Crippen molar-refractivity contribution in [1.82, 2.24) is 24.5 Å². The summed E-state index contributed by atoms with van der Waals surface area (Å²) in [5, 5.41) is 0. The number of carbonyl (C=O) groups excluding carboxylic acids is 6. The molecule has 4 amide bonds. The largest absolute Gasteiger partial charge is 0.367 e. The first-order valence-electron chi connectivity index (χ1n) is 20.7. The molecule has 3 unspecified atom stereocenters.